The summed E-state index contributed by atoms with van der Waals surface area (Å²) in [5.74, 6) is 1.33. The molecule has 36 heavy (non-hydrogen) atoms. The molecule has 9 nitrogen and oxygen atoms in total. The molecule has 2 aromatic rings. The Kier molecular flexibility index (Phi) is 9.35. The van der Waals surface area contributed by atoms with Gasteiger partial charge in [0, 0.05) is 35.8 Å². The number of methoxy groups -OCH3 is 3. The van der Waals surface area contributed by atoms with Gasteiger partial charge in [-0.05, 0) is 36.5 Å². The quantitative estimate of drug-likeness (QED) is 0.465. The number of carbonyl (C=O) groups is 2. The summed E-state index contributed by atoms with van der Waals surface area (Å²) in [4.78, 5) is 32.3. The number of hydrogen-bond acceptors (Lipinski definition) is 9. The van der Waals surface area contributed by atoms with Crippen LogP contribution in [-0.2, 0) is 9.53 Å². The monoisotopic (exact) mass is 535 g/mol. The van der Waals surface area contributed by atoms with Crippen molar-refractivity contribution in [3.05, 3.63) is 40.1 Å². The number of thioether (sulfide) groups is 1. The Bertz CT molecular complexity index is 1000. The lowest BCUT2D eigenvalue weighted by atomic mass is 10.1. The van der Waals surface area contributed by atoms with E-state index >= 15 is 0 Å². The number of morpholine rings is 1. The molecule has 0 aliphatic carbocycles. The Morgan fingerprint density at radius 1 is 1.11 bits per heavy atom. The number of thiophene rings is 1. The first-order chi connectivity index (χ1) is 17.6. The van der Waals surface area contributed by atoms with E-state index in [1.54, 1.807) is 40.1 Å². The minimum absolute atomic E-state index is 0.135. The van der Waals surface area contributed by atoms with Crippen LogP contribution in [0.1, 0.15) is 27.0 Å². The first kappa shape index (κ1) is 26.6. The van der Waals surface area contributed by atoms with Crippen molar-refractivity contribution < 1.29 is 28.5 Å². The van der Waals surface area contributed by atoms with Crippen molar-refractivity contribution in [2.45, 2.75) is 17.8 Å². The van der Waals surface area contributed by atoms with Crippen LogP contribution in [-0.4, -0.2) is 94.1 Å². The van der Waals surface area contributed by atoms with Gasteiger partial charge in [-0.3, -0.25) is 14.5 Å². The van der Waals surface area contributed by atoms with Crippen molar-refractivity contribution in [1.29, 1.82) is 0 Å². The maximum absolute atomic E-state index is 13.9. The highest BCUT2D eigenvalue weighted by Gasteiger charge is 2.43. The predicted molar refractivity (Wildman–Crippen MR) is 140 cm³/mol. The second-order valence-electron chi connectivity index (χ2n) is 8.44. The Labute approximate surface area is 220 Å². The Hall–Kier alpha value is -2.47. The molecule has 2 saturated heterocycles. The largest absolute Gasteiger partial charge is 0.493 e. The normalized spacial score (nSPS) is 20.2. The third-order valence-electron chi connectivity index (χ3n) is 6.29. The van der Waals surface area contributed by atoms with Crippen molar-refractivity contribution in [2.24, 2.45) is 0 Å². The van der Waals surface area contributed by atoms with Gasteiger partial charge in [0.1, 0.15) is 11.4 Å². The number of nitrogens with zero attached hydrogens (tertiary/aromatic N) is 2. The van der Waals surface area contributed by atoms with Gasteiger partial charge in [0.05, 0.1) is 34.5 Å². The van der Waals surface area contributed by atoms with E-state index in [4.69, 9.17) is 18.9 Å². The molecule has 2 atom stereocenters. The highest BCUT2D eigenvalue weighted by atomic mass is 32.2. The predicted octanol–water partition coefficient (Wildman–Crippen LogP) is 2.87. The van der Waals surface area contributed by atoms with Crippen LogP contribution in [0.4, 0.5) is 0 Å². The number of nitrogens with one attached hydrogen (secondary N) is 1. The van der Waals surface area contributed by atoms with Crippen LogP contribution in [0.3, 0.4) is 0 Å². The molecule has 1 aromatic heterocycles. The third kappa shape index (κ3) is 5.91. The topological polar surface area (TPSA) is 89.6 Å². The summed E-state index contributed by atoms with van der Waals surface area (Å²) in [6.45, 7) is 4.84. The van der Waals surface area contributed by atoms with E-state index in [2.05, 4.69) is 10.2 Å². The summed E-state index contributed by atoms with van der Waals surface area (Å²) >= 11 is 3.18. The second kappa shape index (κ2) is 12.7. The summed E-state index contributed by atoms with van der Waals surface area (Å²) in [6, 6.07) is 6.64. The zero-order chi connectivity index (χ0) is 25.5. The lowest BCUT2D eigenvalue weighted by molar-refractivity contribution is -0.124. The average Bonchev–Trinajstić information content (AvgIpc) is 3.60. The van der Waals surface area contributed by atoms with E-state index in [1.807, 2.05) is 17.5 Å². The molecule has 0 spiro atoms. The Morgan fingerprint density at radius 3 is 2.44 bits per heavy atom. The number of benzene rings is 1. The molecule has 1 aromatic carbocycles. The van der Waals surface area contributed by atoms with Gasteiger partial charge in [-0.2, -0.15) is 0 Å². The van der Waals surface area contributed by atoms with Gasteiger partial charge in [-0.1, -0.05) is 6.07 Å². The van der Waals surface area contributed by atoms with Crippen LogP contribution in [0.5, 0.6) is 17.2 Å². The van der Waals surface area contributed by atoms with Crippen molar-refractivity contribution in [1.82, 2.24) is 15.1 Å². The zero-order valence-electron chi connectivity index (χ0n) is 20.9. The highest BCUT2D eigenvalue weighted by Crippen LogP contribution is 2.45. The van der Waals surface area contributed by atoms with Crippen molar-refractivity contribution in [3.63, 3.8) is 0 Å². The smallest absolute Gasteiger partial charge is 0.256 e. The van der Waals surface area contributed by atoms with Gasteiger partial charge < -0.3 is 29.2 Å². The fourth-order valence-electron chi connectivity index (χ4n) is 4.42. The molecule has 3 heterocycles. The molecule has 0 bridgehead atoms. The molecule has 196 valence electrons. The molecule has 2 unspecified atom stereocenters. The van der Waals surface area contributed by atoms with E-state index < -0.39 is 6.04 Å². The van der Waals surface area contributed by atoms with Crippen LogP contribution >= 0.6 is 23.1 Å². The van der Waals surface area contributed by atoms with Crippen molar-refractivity contribution >= 4 is 34.9 Å². The van der Waals surface area contributed by atoms with E-state index in [-0.39, 0.29) is 17.2 Å². The maximum atomic E-state index is 13.9. The summed E-state index contributed by atoms with van der Waals surface area (Å²) in [5.41, 5.74) is 0.374. The zero-order valence-corrected chi connectivity index (χ0v) is 22.5. The standard InChI is InChI=1S/C25H33N3O6S2/c1-31-19-14-17(15-20(32-2)22(19)33-3)24(30)28-18(16-36-25(28)21-6-4-13-35-21)23(29)26-7-5-8-27-9-11-34-12-10-27/h4,6,13-15,18,25H,5,7-12,16H2,1-3H3,(H,26,29). The van der Waals surface area contributed by atoms with Crippen LogP contribution < -0.4 is 19.5 Å². The molecule has 1 N–H and O–H groups in total. The SMILES string of the molecule is COc1cc(C(=O)N2C(C(=O)NCCCN3CCOCC3)CSC2c2cccs2)cc(OC)c1OC. The molecular formula is C25H33N3O6S2. The first-order valence-electron chi connectivity index (χ1n) is 11.9. The van der Waals surface area contributed by atoms with Crippen LogP contribution in [0, 0.1) is 0 Å². The first-order valence-corrected chi connectivity index (χ1v) is 13.9. The Balaban J connectivity index is 1.51. The summed E-state index contributed by atoms with van der Waals surface area (Å²) < 4.78 is 21.7. The number of amides is 2. The molecule has 4 rings (SSSR count). The summed E-state index contributed by atoms with van der Waals surface area (Å²) in [5, 5.41) is 4.79. The summed E-state index contributed by atoms with van der Waals surface area (Å²) in [6.07, 6.45) is 0.848. The van der Waals surface area contributed by atoms with E-state index in [9.17, 15) is 9.59 Å². The van der Waals surface area contributed by atoms with E-state index in [0.717, 1.165) is 44.1 Å². The molecule has 2 fully saturated rings. The molecule has 2 aliphatic heterocycles. The van der Waals surface area contributed by atoms with Crippen LogP contribution in [0.25, 0.3) is 0 Å². The number of hydrogen-bond donors (Lipinski definition) is 1. The molecule has 0 radical (unpaired) electrons. The highest BCUT2D eigenvalue weighted by molar-refractivity contribution is 7.99. The Morgan fingerprint density at radius 2 is 1.83 bits per heavy atom. The van der Waals surface area contributed by atoms with E-state index in [0.29, 0.717) is 35.1 Å². The van der Waals surface area contributed by atoms with Gasteiger partial charge in [-0.25, -0.2) is 0 Å². The molecule has 11 heteroatoms. The molecule has 2 aliphatic rings. The van der Waals surface area contributed by atoms with Gasteiger partial charge >= 0.3 is 0 Å². The second-order valence-corrected chi connectivity index (χ2v) is 10.5. The van der Waals surface area contributed by atoms with Gasteiger partial charge in [0.25, 0.3) is 5.91 Å². The molecule has 2 amide bonds. The van der Waals surface area contributed by atoms with Gasteiger partial charge in [-0.15, -0.1) is 23.1 Å². The minimum Gasteiger partial charge on any atom is -0.493 e. The third-order valence-corrected chi connectivity index (χ3v) is 8.67. The minimum atomic E-state index is -0.586. The van der Waals surface area contributed by atoms with E-state index in [1.165, 1.54) is 21.3 Å². The fourth-order valence-corrected chi connectivity index (χ4v) is 6.81. The maximum Gasteiger partial charge on any atom is 0.256 e. The fraction of sp³-hybridized carbons (Fsp3) is 0.520. The number of rotatable bonds is 10. The van der Waals surface area contributed by atoms with Crippen molar-refractivity contribution in [3.8, 4) is 17.2 Å². The molecular weight excluding hydrogens is 502 g/mol. The lowest BCUT2D eigenvalue weighted by Crippen LogP contribution is -2.48. The average molecular weight is 536 g/mol. The number of ether oxygens (including phenoxy) is 4. The summed E-state index contributed by atoms with van der Waals surface area (Å²) in [7, 11) is 4.54. The lowest BCUT2D eigenvalue weighted by Gasteiger charge is -2.29. The van der Waals surface area contributed by atoms with Crippen LogP contribution in [0.2, 0.25) is 0 Å². The van der Waals surface area contributed by atoms with Crippen LogP contribution in [0.15, 0.2) is 29.6 Å². The molecule has 0 saturated carbocycles. The number of carbonyl (C=O) groups excluding carboxylic acids is 2. The van der Waals surface area contributed by atoms with Gasteiger partial charge in [0.2, 0.25) is 11.7 Å². The van der Waals surface area contributed by atoms with Crippen molar-refractivity contribution in [2.75, 3.05) is 66.5 Å². The van der Waals surface area contributed by atoms with Gasteiger partial charge in [0.15, 0.2) is 11.5 Å².